The van der Waals surface area contributed by atoms with E-state index in [1.807, 2.05) is 6.92 Å². The van der Waals surface area contributed by atoms with Crippen molar-refractivity contribution >= 4 is 21.8 Å². The molecule has 3 rings (SSSR count). The number of carbonyl (C=O) groups is 1. The van der Waals surface area contributed by atoms with Gasteiger partial charge in [0, 0.05) is 18.3 Å². The highest BCUT2D eigenvalue weighted by Crippen LogP contribution is 2.34. The second-order valence-electron chi connectivity index (χ2n) is 4.37. The van der Waals surface area contributed by atoms with Crippen LogP contribution in [0.4, 0.5) is 4.39 Å². The van der Waals surface area contributed by atoms with Crippen LogP contribution < -0.4 is 5.32 Å². The van der Waals surface area contributed by atoms with E-state index in [0.29, 0.717) is 28.0 Å². The molecule has 1 N–H and O–H groups in total. The normalized spacial score (nSPS) is 18.1. The van der Waals surface area contributed by atoms with E-state index in [0.717, 1.165) is 6.20 Å². The fraction of sp³-hybridized carbons (Fsp3) is 0.250. The predicted octanol–water partition coefficient (Wildman–Crippen LogP) is 2.15. The van der Waals surface area contributed by atoms with Gasteiger partial charge in [0.05, 0.1) is 16.7 Å². The summed E-state index contributed by atoms with van der Waals surface area (Å²) in [5, 5.41) is 7.13. The number of amides is 1. The summed E-state index contributed by atoms with van der Waals surface area (Å²) in [6, 6.07) is 1.57. The predicted molar refractivity (Wildman–Crippen MR) is 70.2 cm³/mol. The Morgan fingerprint density at radius 1 is 1.58 bits per heavy atom. The van der Waals surface area contributed by atoms with Crippen molar-refractivity contribution in [2.75, 3.05) is 6.54 Å². The molecule has 2 aromatic heterocycles. The maximum Gasteiger partial charge on any atom is 0.270 e. The third-order valence-electron chi connectivity index (χ3n) is 3.07. The molecule has 19 heavy (non-hydrogen) atoms. The topological polar surface area (TPSA) is 59.8 Å². The Morgan fingerprint density at radius 3 is 3.05 bits per heavy atom. The number of pyridine rings is 1. The van der Waals surface area contributed by atoms with Gasteiger partial charge >= 0.3 is 0 Å². The summed E-state index contributed by atoms with van der Waals surface area (Å²) in [6.45, 7) is 2.45. The van der Waals surface area contributed by atoms with Crippen LogP contribution in [0.15, 0.2) is 22.9 Å². The Hall–Kier alpha value is -1.76. The van der Waals surface area contributed by atoms with Crippen molar-refractivity contribution in [1.29, 1.82) is 0 Å². The van der Waals surface area contributed by atoms with E-state index in [1.165, 1.54) is 12.3 Å². The summed E-state index contributed by atoms with van der Waals surface area (Å²) < 4.78 is 15.9. The molecule has 0 radical (unpaired) electrons. The molecule has 3 heterocycles. The van der Waals surface area contributed by atoms with Crippen LogP contribution in [0.25, 0.3) is 11.3 Å². The van der Waals surface area contributed by atoms with Gasteiger partial charge in [-0.3, -0.25) is 14.5 Å². The molecule has 0 aliphatic carbocycles. The zero-order valence-electron chi connectivity index (χ0n) is 10.0. The van der Waals surface area contributed by atoms with E-state index >= 15 is 0 Å². The average molecular weight is 325 g/mol. The molecule has 0 saturated heterocycles. The largest absolute Gasteiger partial charge is 0.349 e. The van der Waals surface area contributed by atoms with Crippen molar-refractivity contribution in [2.45, 2.75) is 13.0 Å². The van der Waals surface area contributed by atoms with Crippen molar-refractivity contribution in [3.05, 3.63) is 34.4 Å². The molecule has 0 bridgehead atoms. The van der Waals surface area contributed by atoms with E-state index in [9.17, 15) is 9.18 Å². The van der Waals surface area contributed by atoms with Crippen LogP contribution >= 0.6 is 15.9 Å². The number of nitrogens with one attached hydrogen (secondary N) is 1. The lowest BCUT2D eigenvalue weighted by Gasteiger charge is -2.21. The average Bonchev–Trinajstić information content (AvgIpc) is 2.74. The maximum absolute atomic E-state index is 13.8. The maximum atomic E-state index is 13.8. The molecule has 1 atom stereocenters. The van der Waals surface area contributed by atoms with Gasteiger partial charge in [-0.2, -0.15) is 5.10 Å². The molecule has 2 aromatic rings. The Bertz CT molecular complexity index is 670. The van der Waals surface area contributed by atoms with Crippen molar-refractivity contribution < 1.29 is 9.18 Å². The summed E-state index contributed by atoms with van der Waals surface area (Å²) in [4.78, 5) is 15.6. The molecule has 98 valence electrons. The number of carbonyl (C=O) groups excluding carboxylic acids is 1. The minimum absolute atomic E-state index is 0.0302. The SMILES string of the molecule is C[C@H]1CNC(=O)c2c(Br)c(-c3ccncc3F)nn21. The van der Waals surface area contributed by atoms with Gasteiger partial charge in [-0.1, -0.05) is 0 Å². The number of fused-ring (bicyclic) bond motifs is 1. The van der Waals surface area contributed by atoms with Crippen LogP contribution in [0.1, 0.15) is 23.5 Å². The van der Waals surface area contributed by atoms with Gasteiger partial charge in [0.15, 0.2) is 5.82 Å². The van der Waals surface area contributed by atoms with Gasteiger partial charge < -0.3 is 5.32 Å². The molecule has 0 spiro atoms. The third kappa shape index (κ3) is 1.85. The molecular weight excluding hydrogens is 315 g/mol. The molecule has 0 unspecified atom stereocenters. The molecule has 1 amide bonds. The van der Waals surface area contributed by atoms with Crippen LogP contribution in [0.2, 0.25) is 0 Å². The number of aromatic nitrogens is 3. The minimum Gasteiger partial charge on any atom is -0.349 e. The van der Waals surface area contributed by atoms with Gasteiger partial charge in [0.2, 0.25) is 0 Å². The Morgan fingerprint density at radius 2 is 2.37 bits per heavy atom. The quantitative estimate of drug-likeness (QED) is 0.874. The molecule has 0 fully saturated rings. The first-order chi connectivity index (χ1) is 9.09. The lowest BCUT2D eigenvalue weighted by molar-refractivity contribution is 0.0911. The van der Waals surface area contributed by atoms with E-state index in [-0.39, 0.29) is 11.9 Å². The highest BCUT2D eigenvalue weighted by Gasteiger charge is 2.29. The molecular formula is C12H10BrFN4O. The highest BCUT2D eigenvalue weighted by molar-refractivity contribution is 9.10. The van der Waals surface area contributed by atoms with Crippen LogP contribution in [0.5, 0.6) is 0 Å². The second kappa shape index (κ2) is 4.41. The van der Waals surface area contributed by atoms with E-state index in [1.54, 1.807) is 4.68 Å². The van der Waals surface area contributed by atoms with Crippen molar-refractivity contribution in [2.24, 2.45) is 0 Å². The second-order valence-corrected chi connectivity index (χ2v) is 5.16. The highest BCUT2D eigenvalue weighted by atomic mass is 79.9. The van der Waals surface area contributed by atoms with E-state index in [2.05, 4.69) is 31.3 Å². The smallest absolute Gasteiger partial charge is 0.270 e. The molecule has 0 aromatic carbocycles. The van der Waals surface area contributed by atoms with Crippen molar-refractivity contribution in [3.63, 3.8) is 0 Å². The molecule has 0 saturated carbocycles. The van der Waals surface area contributed by atoms with Crippen LogP contribution in [0.3, 0.4) is 0 Å². The lowest BCUT2D eigenvalue weighted by atomic mass is 10.1. The Kier molecular flexibility index (Phi) is 2.85. The standard InChI is InChI=1S/C12H10BrFN4O/c1-6-4-16-12(19)11-9(13)10(17-18(6)11)7-2-3-15-5-8(7)14/h2-3,5-6H,4H2,1H3,(H,16,19)/t6-/m0/s1. The van der Waals surface area contributed by atoms with Crippen molar-refractivity contribution in [1.82, 2.24) is 20.1 Å². The molecule has 1 aliphatic rings. The zero-order chi connectivity index (χ0) is 13.6. The molecule has 5 nitrogen and oxygen atoms in total. The van der Waals surface area contributed by atoms with Gasteiger partial charge in [-0.15, -0.1) is 0 Å². The lowest BCUT2D eigenvalue weighted by Crippen LogP contribution is -2.38. The zero-order valence-corrected chi connectivity index (χ0v) is 11.6. The number of rotatable bonds is 1. The monoisotopic (exact) mass is 324 g/mol. The fourth-order valence-corrected chi connectivity index (χ4v) is 2.74. The first kappa shape index (κ1) is 12.3. The van der Waals surface area contributed by atoms with Gasteiger partial charge in [-0.05, 0) is 28.9 Å². The summed E-state index contributed by atoms with van der Waals surface area (Å²) in [7, 11) is 0. The first-order valence-electron chi connectivity index (χ1n) is 5.75. The van der Waals surface area contributed by atoms with E-state index in [4.69, 9.17) is 0 Å². The Labute approximate surface area is 117 Å². The fourth-order valence-electron chi connectivity index (χ4n) is 2.09. The molecule has 1 aliphatic heterocycles. The summed E-state index contributed by atoms with van der Waals surface area (Å²) in [6.07, 6.45) is 2.62. The van der Waals surface area contributed by atoms with Gasteiger partial charge in [0.25, 0.3) is 5.91 Å². The first-order valence-corrected chi connectivity index (χ1v) is 6.55. The van der Waals surface area contributed by atoms with Gasteiger partial charge in [-0.25, -0.2) is 4.39 Å². The van der Waals surface area contributed by atoms with Crippen LogP contribution in [-0.4, -0.2) is 27.2 Å². The summed E-state index contributed by atoms with van der Waals surface area (Å²) >= 11 is 3.34. The van der Waals surface area contributed by atoms with E-state index < -0.39 is 5.82 Å². The van der Waals surface area contributed by atoms with Gasteiger partial charge in [0.1, 0.15) is 11.4 Å². The number of nitrogens with zero attached hydrogens (tertiary/aromatic N) is 3. The number of halogens is 2. The van der Waals surface area contributed by atoms with Crippen molar-refractivity contribution in [3.8, 4) is 11.3 Å². The Balaban J connectivity index is 2.23. The third-order valence-corrected chi connectivity index (χ3v) is 3.82. The molecule has 7 heteroatoms. The minimum atomic E-state index is -0.466. The summed E-state index contributed by atoms with van der Waals surface area (Å²) in [5.41, 5.74) is 1.16. The summed E-state index contributed by atoms with van der Waals surface area (Å²) in [5.74, 6) is -0.676. The van der Waals surface area contributed by atoms with Crippen LogP contribution in [0, 0.1) is 5.82 Å². The van der Waals surface area contributed by atoms with Crippen LogP contribution in [-0.2, 0) is 0 Å². The number of hydrogen-bond acceptors (Lipinski definition) is 3. The number of hydrogen-bond donors (Lipinski definition) is 1.